The minimum absolute atomic E-state index is 0.118. The normalized spacial score (nSPS) is 11.2. The Labute approximate surface area is 129 Å². The Morgan fingerprint density at radius 3 is 2.27 bits per heavy atom. The van der Waals surface area contributed by atoms with E-state index in [2.05, 4.69) is 4.72 Å². The van der Waals surface area contributed by atoms with Crippen molar-refractivity contribution < 1.29 is 18.3 Å². The summed E-state index contributed by atoms with van der Waals surface area (Å²) in [6.07, 6.45) is 0.837. The van der Waals surface area contributed by atoms with E-state index < -0.39 is 16.0 Å². The second-order valence-corrected chi connectivity index (χ2v) is 6.62. The van der Waals surface area contributed by atoms with Crippen molar-refractivity contribution in [3.8, 4) is 0 Å². The number of carboxylic acid groups (broad SMARTS) is 1. The van der Waals surface area contributed by atoms with Gasteiger partial charge >= 0.3 is 5.97 Å². The zero-order chi connectivity index (χ0) is 16.3. The molecule has 0 radical (unpaired) electrons. The maximum absolute atomic E-state index is 12.3. The van der Waals surface area contributed by atoms with Gasteiger partial charge in [-0.1, -0.05) is 19.1 Å². The van der Waals surface area contributed by atoms with Gasteiger partial charge in [-0.2, -0.15) is 0 Å². The summed E-state index contributed by atoms with van der Waals surface area (Å²) in [5.41, 5.74) is 2.09. The third-order valence-corrected chi connectivity index (χ3v) is 4.74. The van der Waals surface area contributed by atoms with E-state index in [0.717, 1.165) is 12.0 Å². The largest absolute Gasteiger partial charge is 0.478 e. The fourth-order valence-electron chi connectivity index (χ4n) is 2.02. The van der Waals surface area contributed by atoms with Crippen LogP contribution in [0, 0.1) is 6.92 Å². The number of rotatable bonds is 5. The number of aromatic carboxylic acids is 1. The van der Waals surface area contributed by atoms with Gasteiger partial charge < -0.3 is 5.11 Å². The van der Waals surface area contributed by atoms with E-state index in [0.29, 0.717) is 11.3 Å². The van der Waals surface area contributed by atoms with E-state index in [-0.39, 0.29) is 10.5 Å². The van der Waals surface area contributed by atoms with Crippen LogP contribution in [0.3, 0.4) is 0 Å². The molecule has 5 nitrogen and oxygen atoms in total. The van der Waals surface area contributed by atoms with Gasteiger partial charge in [0, 0.05) is 0 Å². The molecule has 0 atom stereocenters. The molecule has 2 rings (SSSR count). The predicted octanol–water partition coefficient (Wildman–Crippen LogP) is 3.06. The molecule has 116 valence electrons. The molecular weight excluding hydrogens is 302 g/mol. The van der Waals surface area contributed by atoms with Crippen molar-refractivity contribution in [1.82, 2.24) is 0 Å². The molecule has 2 aromatic carbocycles. The van der Waals surface area contributed by atoms with Crippen LogP contribution in [-0.4, -0.2) is 19.5 Å². The highest BCUT2D eigenvalue weighted by Crippen LogP contribution is 2.21. The zero-order valence-corrected chi connectivity index (χ0v) is 13.1. The van der Waals surface area contributed by atoms with Gasteiger partial charge in [-0.15, -0.1) is 0 Å². The van der Waals surface area contributed by atoms with Gasteiger partial charge in [0.25, 0.3) is 10.0 Å². The molecule has 2 aromatic rings. The molecule has 0 bridgehead atoms. The highest BCUT2D eigenvalue weighted by molar-refractivity contribution is 7.92. The topological polar surface area (TPSA) is 83.5 Å². The number of anilines is 1. The van der Waals surface area contributed by atoms with Gasteiger partial charge in [-0.05, 0) is 54.8 Å². The summed E-state index contributed by atoms with van der Waals surface area (Å²) in [5.74, 6) is -1.05. The molecule has 0 saturated carbocycles. The molecule has 0 aliphatic rings. The molecule has 0 saturated heterocycles. The van der Waals surface area contributed by atoms with Crippen LogP contribution in [0.1, 0.15) is 28.4 Å². The highest BCUT2D eigenvalue weighted by atomic mass is 32.2. The Morgan fingerprint density at radius 1 is 1.14 bits per heavy atom. The van der Waals surface area contributed by atoms with E-state index in [1.54, 1.807) is 31.2 Å². The smallest absolute Gasteiger partial charge is 0.335 e. The molecule has 0 aliphatic heterocycles. The number of benzene rings is 2. The lowest BCUT2D eigenvalue weighted by Gasteiger charge is -2.11. The third-order valence-electron chi connectivity index (χ3n) is 3.36. The van der Waals surface area contributed by atoms with Crippen LogP contribution >= 0.6 is 0 Å². The van der Waals surface area contributed by atoms with Crippen molar-refractivity contribution >= 4 is 21.7 Å². The fourth-order valence-corrected chi connectivity index (χ4v) is 3.15. The molecular formula is C16H17NO4S. The Hall–Kier alpha value is -2.34. The molecule has 0 aromatic heterocycles. The van der Waals surface area contributed by atoms with Crippen molar-refractivity contribution in [2.75, 3.05) is 4.72 Å². The van der Waals surface area contributed by atoms with Gasteiger partial charge in [-0.25, -0.2) is 13.2 Å². The lowest BCUT2D eigenvalue weighted by atomic mass is 10.1. The first-order chi connectivity index (χ1) is 10.3. The maximum Gasteiger partial charge on any atom is 0.335 e. The van der Waals surface area contributed by atoms with Crippen LogP contribution < -0.4 is 4.72 Å². The maximum atomic E-state index is 12.3. The lowest BCUT2D eigenvalue weighted by Crippen LogP contribution is -2.14. The van der Waals surface area contributed by atoms with Gasteiger partial charge in [-0.3, -0.25) is 4.72 Å². The summed E-state index contributed by atoms with van der Waals surface area (Å²) in [5, 5.41) is 8.92. The number of aryl methyl sites for hydroxylation is 2. The van der Waals surface area contributed by atoms with Crippen LogP contribution in [0.2, 0.25) is 0 Å². The number of sulfonamides is 1. The summed E-state index contributed by atoms with van der Waals surface area (Å²) in [4.78, 5) is 11.1. The summed E-state index contributed by atoms with van der Waals surface area (Å²) in [6, 6.07) is 10.9. The second kappa shape index (κ2) is 6.19. The molecule has 0 amide bonds. The van der Waals surface area contributed by atoms with E-state index in [4.69, 9.17) is 5.11 Å². The average molecular weight is 319 g/mol. The number of hydrogen-bond acceptors (Lipinski definition) is 3. The summed E-state index contributed by atoms with van der Waals surface area (Å²) < 4.78 is 27.2. The Morgan fingerprint density at radius 2 is 1.77 bits per heavy atom. The minimum atomic E-state index is -3.69. The predicted molar refractivity (Wildman–Crippen MR) is 84.8 cm³/mol. The van der Waals surface area contributed by atoms with E-state index in [9.17, 15) is 13.2 Å². The van der Waals surface area contributed by atoms with Crippen LogP contribution in [0.15, 0.2) is 47.4 Å². The van der Waals surface area contributed by atoms with E-state index in [1.165, 1.54) is 18.2 Å². The summed E-state index contributed by atoms with van der Waals surface area (Å²) in [6.45, 7) is 3.65. The molecule has 6 heteroatoms. The first kappa shape index (κ1) is 16.0. The fraction of sp³-hybridized carbons (Fsp3) is 0.188. The second-order valence-electron chi connectivity index (χ2n) is 4.94. The van der Waals surface area contributed by atoms with Crippen molar-refractivity contribution in [3.05, 3.63) is 59.2 Å². The molecule has 0 unspecified atom stereocenters. The average Bonchev–Trinajstić information content (AvgIpc) is 2.49. The standard InChI is InChI=1S/C16H17NO4S/c1-3-12-4-7-14(8-5-12)22(20,21)17-15-9-6-13(16(18)19)10-11(15)2/h4-10,17H,3H2,1-2H3,(H,18,19). The molecule has 0 spiro atoms. The van der Waals surface area contributed by atoms with Crippen LogP contribution in [-0.2, 0) is 16.4 Å². The zero-order valence-electron chi connectivity index (χ0n) is 12.3. The minimum Gasteiger partial charge on any atom is -0.478 e. The first-order valence-corrected chi connectivity index (χ1v) is 8.27. The number of carboxylic acids is 1. The van der Waals surface area contributed by atoms with Gasteiger partial charge in [0.2, 0.25) is 0 Å². The number of carbonyl (C=O) groups is 1. The van der Waals surface area contributed by atoms with Crippen LogP contribution in [0.25, 0.3) is 0 Å². The molecule has 0 aliphatic carbocycles. The van der Waals surface area contributed by atoms with Crippen molar-refractivity contribution in [2.45, 2.75) is 25.2 Å². The quantitative estimate of drug-likeness (QED) is 0.887. The monoisotopic (exact) mass is 319 g/mol. The Kier molecular flexibility index (Phi) is 4.51. The van der Waals surface area contributed by atoms with E-state index >= 15 is 0 Å². The lowest BCUT2D eigenvalue weighted by molar-refractivity contribution is 0.0697. The SMILES string of the molecule is CCc1ccc(S(=O)(=O)Nc2ccc(C(=O)O)cc2C)cc1. The number of nitrogens with one attached hydrogen (secondary N) is 1. The summed E-state index contributed by atoms with van der Waals surface area (Å²) in [7, 11) is -3.69. The molecule has 22 heavy (non-hydrogen) atoms. The van der Waals surface area contributed by atoms with Gasteiger partial charge in [0.15, 0.2) is 0 Å². The van der Waals surface area contributed by atoms with Crippen molar-refractivity contribution in [1.29, 1.82) is 0 Å². The van der Waals surface area contributed by atoms with E-state index in [1.807, 2.05) is 6.92 Å². The summed E-state index contributed by atoms with van der Waals surface area (Å²) >= 11 is 0. The van der Waals surface area contributed by atoms with Gasteiger partial charge in [0.1, 0.15) is 0 Å². The highest BCUT2D eigenvalue weighted by Gasteiger charge is 2.16. The van der Waals surface area contributed by atoms with Crippen molar-refractivity contribution in [2.24, 2.45) is 0 Å². The van der Waals surface area contributed by atoms with Crippen molar-refractivity contribution in [3.63, 3.8) is 0 Å². The van der Waals surface area contributed by atoms with Crippen LogP contribution in [0.4, 0.5) is 5.69 Å². The molecule has 0 fully saturated rings. The Bertz CT molecular complexity index is 795. The molecule has 0 heterocycles. The Balaban J connectivity index is 2.30. The first-order valence-electron chi connectivity index (χ1n) is 6.79. The third kappa shape index (κ3) is 3.46. The number of hydrogen-bond donors (Lipinski definition) is 2. The molecule has 2 N–H and O–H groups in total. The van der Waals surface area contributed by atoms with Gasteiger partial charge in [0.05, 0.1) is 16.1 Å². The van der Waals surface area contributed by atoms with Crippen LogP contribution in [0.5, 0.6) is 0 Å².